The number of halogens is 2. The number of rotatable bonds is 5. The van der Waals surface area contributed by atoms with Crippen LogP contribution in [0.4, 0.5) is 0 Å². The van der Waals surface area contributed by atoms with Gasteiger partial charge in [0.05, 0.1) is 12.8 Å². The lowest BCUT2D eigenvalue weighted by Gasteiger charge is -2.27. The Hall–Kier alpha value is -1.73. The first-order chi connectivity index (χ1) is 15.2. The Morgan fingerprint density at radius 3 is 2.58 bits per heavy atom. The molecule has 0 bridgehead atoms. The maximum absolute atomic E-state index is 5.37. The number of fused-ring (bicyclic) bond motifs is 3. The molecule has 0 N–H and O–H groups in total. The number of benzene rings is 2. The van der Waals surface area contributed by atoms with Gasteiger partial charge < -0.3 is 4.74 Å². The number of ether oxygens (including phenoxy) is 1. The molecule has 0 fully saturated rings. The van der Waals surface area contributed by atoms with Crippen molar-refractivity contribution in [3.05, 3.63) is 80.8 Å². The van der Waals surface area contributed by atoms with Crippen LogP contribution in [0.3, 0.4) is 0 Å². The molecule has 2 aromatic heterocycles. The minimum atomic E-state index is 0.718. The molecule has 158 valence electrons. The van der Waals surface area contributed by atoms with Crippen LogP contribution in [0.2, 0.25) is 0 Å². The van der Waals surface area contributed by atoms with Crippen LogP contribution >= 0.6 is 43.2 Å². The second-order valence-electron chi connectivity index (χ2n) is 7.74. The van der Waals surface area contributed by atoms with Crippen molar-refractivity contribution in [3.63, 3.8) is 0 Å². The van der Waals surface area contributed by atoms with Gasteiger partial charge in [-0.25, -0.2) is 4.98 Å². The highest BCUT2D eigenvalue weighted by molar-refractivity contribution is 9.11. The van der Waals surface area contributed by atoms with Gasteiger partial charge in [-0.05, 0) is 51.2 Å². The Kier molecular flexibility index (Phi) is 6.15. The van der Waals surface area contributed by atoms with Gasteiger partial charge in [-0.3, -0.25) is 4.90 Å². The molecular formula is C25H22Br2N2OS. The van der Waals surface area contributed by atoms with Crippen molar-refractivity contribution < 1.29 is 4.74 Å². The molecule has 0 spiro atoms. The first-order valence-corrected chi connectivity index (χ1v) is 13.0. The number of methoxy groups -OCH3 is 1. The molecule has 0 radical (unpaired) electrons. The molecule has 31 heavy (non-hydrogen) atoms. The second-order valence-corrected chi connectivity index (χ2v) is 10.2. The summed E-state index contributed by atoms with van der Waals surface area (Å²) in [5, 5.41) is 2.02. The molecule has 0 amide bonds. The van der Waals surface area contributed by atoms with E-state index in [1.165, 1.54) is 32.5 Å². The smallest absolute Gasteiger partial charge is 0.124 e. The van der Waals surface area contributed by atoms with Crippen molar-refractivity contribution in [2.75, 3.05) is 13.7 Å². The van der Waals surface area contributed by atoms with E-state index in [-0.39, 0.29) is 0 Å². The van der Waals surface area contributed by atoms with E-state index in [1.54, 1.807) is 7.11 Å². The van der Waals surface area contributed by atoms with Crippen molar-refractivity contribution in [3.8, 4) is 16.9 Å². The van der Waals surface area contributed by atoms with Gasteiger partial charge in [-0.2, -0.15) is 0 Å². The van der Waals surface area contributed by atoms with Gasteiger partial charge in [0.25, 0.3) is 0 Å². The first kappa shape index (κ1) is 21.1. The standard InChI is InChI=1S/C25H22Br2N2OS/c1-30-18-9-7-17(8-10-18)22-23-19-11-12-29(14-16-5-3-2-4-6-16)15-21(19)31-25(23)28-20(13-26)24(22)27/h2-10H,11-15H2,1H3. The van der Waals surface area contributed by atoms with Crippen LogP contribution in [0.15, 0.2) is 59.1 Å². The third kappa shape index (κ3) is 4.07. The number of thiophene rings is 1. The average Bonchev–Trinajstić information content (AvgIpc) is 3.16. The van der Waals surface area contributed by atoms with Gasteiger partial charge in [-0.15, -0.1) is 11.3 Å². The van der Waals surface area contributed by atoms with E-state index in [1.807, 2.05) is 23.5 Å². The van der Waals surface area contributed by atoms with Crippen LogP contribution in [-0.2, 0) is 24.8 Å². The third-order valence-electron chi connectivity index (χ3n) is 5.83. The Labute approximate surface area is 203 Å². The van der Waals surface area contributed by atoms with Crippen LogP contribution in [-0.4, -0.2) is 23.5 Å². The fourth-order valence-electron chi connectivity index (χ4n) is 4.30. The highest BCUT2D eigenvalue weighted by atomic mass is 79.9. The predicted octanol–water partition coefficient (Wildman–Crippen LogP) is 7.19. The third-order valence-corrected chi connectivity index (χ3v) is 8.33. The Bertz CT molecular complexity index is 1220. The van der Waals surface area contributed by atoms with Crippen LogP contribution in [0, 0.1) is 0 Å². The zero-order chi connectivity index (χ0) is 21.4. The lowest BCUT2D eigenvalue weighted by atomic mass is 9.96. The largest absolute Gasteiger partial charge is 0.497 e. The van der Waals surface area contributed by atoms with Gasteiger partial charge in [0.15, 0.2) is 0 Å². The van der Waals surface area contributed by atoms with E-state index in [0.717, 1.165) is 52.1 Å². The summed E-state index contributed by atoms with van der Waals surface area (Å²) in [6, 6.07) is 19.1. The zero-order valence-corrected chi connectivity index (χ0v) is 21.2. The molecule has 2 aromatic carbocycles. The number of hydrogen-bond acceptors (Lipinski definition) is 4. The van der Waals surface area contributed by atoms with E-state index in [0.29, 0.717) is 0 Å². The first-order valence-electron chi connectivity index (χ1n) is 10.3. The van der Waals surface area contributed by atoms with Crippen molar-refractivity contribution in [1.29, 1.82) is 0 Å². The minimum absolute atomic E-state index is 0.718. The van der Waals surface area contributed by atoms with Crippen LogP contribution in [0.1, 0.15) is 21.7 Å². The summed E-state index contributed by atoms with van der Waals surface area (Å²) in [5.74, 6) is 0.870. The molecule has 6 heteroatoms. The summed E-state index contributed by atoms with van der Waals surface area (Å²) < 4.78 is 6.45. The highest BCUT2D eigenvalue weighted by Gasteiger charge is 2.26. The molecule has 0 atom stereocenters. The van der Waals surface area contributed by atoms with Crippen molar-refractivity contribution >= 4 is 53.4 Å². The number of alkyl halides is 1. The topological polar surface area (TPSA) is 25.4 Å². The van der Waals surface area contributed by atoms with Gasteiger partial charge in [0.2, 0.25) is 0 Å². The van der Waals surface area contributed by atoms with Crippen LogP contribution < -0.4 is 4.74 Å². The maximum atomic E-state index is 5.37. The van der Waals surface area contributed by atoms with Crippen molar-refractivity contribution in [2.24, 2.45) is 0 Å². The zero-order valence-electron chi connectivity index (χ0n) is 17.2. The highest BCUT2D eigenvalue weighted by Crippen LogP contribution is 2.45. The second kappa shape index (κ2) is 9.02. The molecule has 0 unspecified atom stereocenters. The lowest BCUT2D eigenvalue weighted by molar-refractivity contribution is 0.249. The monoisotopic (exact) mass is 556 g/mol. The molecule has 5 rings (SSSR count). The molecule has 3 heterocycles. The maximum Gasteiger partial charge on any atom is 0.124 e. The Morgan fingerprint density at radius 1 is 1.10 bits per heavy atom. The molecule has 4 aromatic rings. The van der Waals surface area contributed by atoms with Crippen LogP contribution in [0.25, 0.3) is 21.3 Å². The predicted molar refractivity (Wildman–Crippen MR) is 136 cm³/mol. The van der Waals surface area contributed by atoms with Crippen molar-refractivity contribution in [1.82, 2.24) is 9.88 Å². The number of aromatic nitrogens is 1. The molecular weight excluding hydrogens is 536 g/mol. The fourth-order valence-corrected chi connectivity index (χ4v) is 7.03. The van der Waals surface area contributed by atoms with E-state index in [2.05, 4.69) is 79.2 Å². The number of nitrogens with zero attached hydrogens (tertiary/aromatic N) is 2. The molecule has 0 aliphatic carbocycles. The van der Waals surface area contributed by atoms with Gasteiger partial charge >= 0.3 is 0 Å². The minimum Gasteiger partial charge on any atom is -0.497 e. The molecule has 0 saturated heterocycles. The quantitative estimate of drug-likeness (QED) is 0.243. The Morgan fingerprint density at radius 2 is 1.87 bits per heavy atom. The lowest BCUT2D eigenvalue weighted by Crippen LogP contribution is -2.29. The average molecular weight is 558 g/mol. The van der Waals surface area contributed by atoms with E-state index < -0.39 is 0 Å². The summed E-state index contributed by atoms with van der Waals surface area (Å²) in [7, 11) is 1.70. The van der Waals surface area contributed by atoms with Gasteiger partial charge in [-0.1, -0.05) is 58.4 Å². The molecule has 3 nitrogen and oxygen atoms in total. The van der Waals surface area contributed by atoms with E-state index >= 15 is 0 Å². The summed E-state index contributed by atoms with van der Waals surface area (Å²) in [4.78, 5) is 10.1. The van der Waals surface area contributed by atoms with E-state index in [9.17, 15) is 0 Å². The summed E-state index contributed by atoms with van der Waals surface area (Å²) in [6.45, 7) is 3.03. The summed E-state index contributed by atoms with van der Waals surface area (Å²) in [6.07, 6.45) is 1.05. The van der Waals surface area contributed by atoms with Crippen molar-refractivity contribution in [2.45, 2.75) is 24.8 Å². The summed E-state index contributed by atoms with van der Waals surface area (Å²) >= 11 is 9.35. The molecule has 1 aliphatic rings. The van der Waals surface area contributed by atoms with Crippen LogP contribution in [0.5, 0.6) is 5.75 Å². The number of hydrogen-bond donors (Lipinski definition) is 0. The number of pyridine rings is 1. The Balaban J connectivity index is 1.59. The SMILES string of the molecule is COc1ccc(-c2c(Br)c(CBr)nc3sc4c(c23)CCN(Cc2ccccc2)C4)cc1. The van der Waals surface area contributed by atoms with Gasteiger partial charge in [0.1, 0.15) is 10.6 Å². The normalized spacial score (nSPS) is 14.0. The van der Waals surface area contributed by atoms with E-state index in [4.69, 9.17) is 9.72 Å². The summed E-state index contributed by atoms with van der Waals surface area (Å²) in [5.41, 5.74) is 6.31. The van der Waals surface area contributed by atoms with Gasteiger partial charge in [0, 0.05) is 45.3 Å². The molecule has 0 saturated carbocycles. The molecule has 1 aliphatic heterocycles. The fraction of sp³-hybridized carbons (Fsp3) is 0.240.